The Labute approximate surface area is 111 Å². The Kier molecular flexibility index (Phi) is 3.37. The van der Waals surface area contributed by atoms with Gasteiger partial charge in [0.2, 0.25) is 0 Å². The highest BCUT2D eigenvalue weighted by Gasteiger charge is 2.12. The Balaban J connectivity index is 1.89. The van der Waals surface area contributed by atoms with Gasteiger partial charge in [-0.2, -0.15) is 5.10 Å². The second-order valence-electron chi connectivity index (χ2n) is 4.52. The minimum atomic E-state index is 0.696. The summed E-state index contributed by atoms with van der Waals surface area (Å²) in [6.45, 7) is 2.18. The zero-order valence-corrected chi connectivity index (χ0v) is 10.9. The number of benzene rings is 1. The largest absolute Gasteiger partial charge is 0.490 e. The van der Waals surface area contributed by atoms with Gasteiger partial charge in [0.15, 0.2) is 11.5 Å². The van der Waals surface area contributed by atoms with Crippen LogP contribution in [0.1, 0.15) is 12.1 Å². The molecule has 0 atom stereocenters. The summed E-state index contributed by atoms with van der Waals surface area (Å²) in [5, 5.41) is 10.4. The summed E-state index contributed by atoms with van der Waals surface area (Å²) in [6, 6.07) is 7.98. The number of aromatic nitrogens is 2. The van der Waals surface area contributed by atoms with Crippen molar-refractivity contribution in [3.63, 3.8) is 0 Å². The van der Waals surface area contributed by atoms with Crippen LogP contribution in [0.5, 0.6) is 11.5 Å². The van der Waals surface area contributed by atoms with Crippen molar-refractivity contribution in [2.75, 3.05) is 20.3 Å². The minimum absolute atomic E-state index is 0.696. The fourth-order valence-electron chi connectivity index (χ4n) is 2.11. The van der Waals surface area contributed by atoms with Gasteiger partial charge >= 0.3 is 0 Å². The third kappa shape index (κ3) is 2.56. The fourth-order valence-corrected chi connectivity index (χ4v) is 2.11. The number of hydrogen-bond donors (Lipinski definition) is 2. The van der Waals surface area contributed by atoms with Crippen LogP contribution in [0.25, 0.3) is 11.3 Å². The molecule has 0 bridgehead atoms. The summed E-state index contributed by atoms with van der Waals surface area (Å²) in [5.41, 5.74) is 3.01. The van der Waals surface area contributed by atoms with Gasteiger partial charge in [0.1, 0.15) is 0 Å². The molecule has 2 aromatic rings. The second-order valence-corrected chi connectivity index (χ2v) is 4.52. The lowest BCUT2D eigenvalue weighted by Gasteiger charge is -2.07. The highest BCUT2D eigenvalue weighted by molar-refractivity contribution is 5.64. The quantitative estimate of drug-likeness (QED) is 0.884. The van der Waals surface area contributed by atoms with Crippen molar-refractivity contribution >= 4 is 0 Å². The summed E-state index contributed by atoms with van der Waals surface area (Å²) < 4.78 is 11.3. The van der Waals surface area contributed by atoms with Crippen molar-refractivity contribution in [3.05, 3.63) is 30.0 Å². The van der Waals surface area contributed by atoms with E-state index < -0.39 is 0 Å². The van der Waals surface area contributed by atoms with Gasteiger partial charge in [0.25, 0.3) is 0 Å². The number of fused-ring (bicyclic) bond motifs is 1. The predicted molar refractivity (Wildman–Crippen MR) is 72.4 cm³/mol. The maximum absolute atomic E-state index is 5.69. The van der Waals surface area contributed by atoms with Crippen molar-refractivity contribution in [1.82, 2.24) is 15.5 Å². The van der Waals surface area contributed by atoms with Crippen LogP contribution < -0.4 is 14.8 Å². The average Bonchev–Trinajstić information content (AvgIpc) is 2.76. The first-order valence-corrected chi connectivity index (χ1v) is 6.46. The zero-order chi connectivity index (χ0) is 13.1. The molecule has 0 radical (unpaired) electrons. The van der Waals surface area contributed by atoms with Crippen molar-refractivity contribution in [3.8, 4) is 22.8 Å². The molecular formula is C14H17N3O2. The molecule has 1 aliphatic heterocycles. The number of hydrogen-bond acceptors (Lipinski definition) is 4. The fraction of sp³-hybridized carbons (Fsp3) is 0.357. The van der Waals surface area contributed by atoms with E-state index in [1.165, 1.54) is 0 Å². The molecule has 1 aromatic carbocycles. The van der Waals surface area contributed by atoms with E-state index in [0.29, 0.717) is 13.2 Å². The molecule has 3 rings (SSSR count). The Bertz CT molecular complexity index is 566. The normalized spacial score (nSPS) is 14.2. The number of ether oxygens (including phenoxy) is 2. The van der Waals surface area contributed by atoms with E-state index in [4.69, 9.17) is 9.47 Å². The monoisotopic (exact) mass is 259 g/mol. The molecule has 1 aliphatic rings. The van der Waals surface area contributed by atoms with Crippen LogP contribution in [-0.2, 0) is 6.54 Å². The third-order valence-corrected chi connectivity index (χ3v) is 3.04. The molecule has 1 aromatic heterocycles. The first-order valence-electron chi connectivity index (χ1n) is 6.46. The lowest BCUT2D eigenvalue weighted by atomic mass is 10.1. The highest BCUT2D eigenvalue weighted by atomic mass is 16.5. The van der Waals surface area contributed by atoms with Gasteiger partial charge in [-0.1, -0.05) is 0 Å². The first-order chi connectivity index (χ1) is 9.36. The molecule has 5 heteroatoms. The standard InChI is InChI=1S/C14H17N3O2/c1-15-9-11-8-12(17-16-11)10-3-4-13-14(7-10)19-6-2-5-18-13/h3-4,7-8,15H,2,5-6,9H2,1H3,(H,16,17). The molecule has 0 unspecified atom stereocenters. The van der Waals surface area contributed by atoms with E-state index in [9.17, 15) is 0 Å². The molecule has 0 saturated carbocycles. The molecule has 0 fully saturated rings. The molecule has 0 aliphatic carbocycles. The van der Waals surface area contributed by atoms with E-state index in [-0.39, 0.29) is 0 Å². The zero-order valence-electron chi connectivity index (χ0n) is 10.9. The SMILES string of the molecule is CNCc1cc(-c2ccc3c(c2)OCCCO3)n[nH]1. The average molecular weight is 259 g/mol. The molecular weight excluding hydrogens is 242 g/mol. The number of aromatic amines is 1. The van der Waals surface area contributed by atoms with E-state index in [1.807, 2.05) is 31.3 Å². The lowest BCUT2D eigenvalue weighted by Crippen LogP contribution is -2.04. The van der Waals surface area contributed by atoms with Crippen molar-refractivity contribution in [1.29, 1.82) is 0 Å². The first kappa shape index (κ1) is 12.0. The van der Waals surface area contributed by atoms with E-state index in [0.717, 1.165) is 41.4 Å². The van der Waals surface area contributed by atoms with Crippen LogP contribution in [0.2, 0.25) is 0 Å². The predicted octanol–water partition coefficient (Wildman–Crippen LogP) is 1.96. The van der Waals surface area contributed by atoms with Crippen LogP contribution in [0.4, 0.5) is 0 Å². The number of nitrogens with one attached hydrogen (secondary N) is 2. The van der Waals surface area contributed by atoms with Crippen LogP contribution in [0.15, 0.2) is 24.3 Å². The molecule has 2 heterocycles. The summed E-state index contributed by atoms with van der Waals surface area (Å²) >= 11 is 0. The maximum Gasteiger partial charge on any atom is 0.161 e. The Morgan fingerprint density at radius 2 is 2.05 bits per heavy atom. The van der Waals surface area contributed by atoms with Crippen LogP contribution in [0.3, 0.4) is 0 Å². The van der Waals surface area contributed by atoms with Crippen LogP contribution in [-0.4, -0.2) is 30.5 Å². The van der Waals surface area contributed by atoms with Gasteiger partial charge in [0.05, 0.1) is 18.9 Å². The van der Waals surface area contributed by atoms with Crippen LogP contribution in [0, 0.1) is 0 Å². The topological polar surface area (TPSA) is 59.2 Å². The Morgan fingerprint density at radius 3 is 2.89 bits per heavy atom. The van der Waals surface area contributed by atoms with Gasteiger partial charge in [-0.05, 0) is 31.3 Å². The minimum Gasteiger partial charge on any atom is -0.490 e. The van der Waals surface area contributed by atoms with E-state index in [2.05, 4.69) is 15.5 Å². The smallest absolute Gasteiger partial charge is 0.161 e. The van der Waals surface area contributed by atoms with Crippen LogP contribution >= 0.6 is 0 Å². The maximum atomic E-state index is 5.69. The number of nitrogens with zero attached hydrogens (tertiary/aromatic N) is 1. The van der Waals surface area contributed by atoms with Gasteiger partial charge in [-0.15, -0.1) is 0 Å². The number of rotatable bonds is 3. The van der Waals surface area contributed by atoms with E-state index in [1.54, 1.807) is 0 Å². The summed E-state index contributed by atoms with van der Waals surface area (Å²) in [7, 11) is 1.91. The summed E-state index contributed by atoms with van der Waals surface area (Å²) in [6.07, 6.45) is 0.915. The highest BCUT2D eigenvalue weighted by Crippen LogP contribution is 2.33. The molecule has 5 nitrogen and oxygen atoms in total. The van der Waals surface area contributed by atoms with E-state index >= 15 is 0 Å². The third-order valence-electron chi connectivity index (χ3n) is 3.04. The van der Waals surface area contributed by atoms with Crippen molar-refractivity contribution in [2.24, 2.45) is 0 Å². The number of H-pyrrole nitrogens is 1. The Hall–Kier alpha value is -2.01. The summed E-state index contributed by atoms with van der Waals surface area (Å²) in [5.74, 6) is 1.61. The molecule has 0 spiro atoms. The van der Waals surface area contributed by atoms with Gasteiger partial charge in [-0.3, -0.25) is 5.10 Å². The molecule has 100 valence electrons. The molecule has 19 heavy (non-hydrogen) atoms. The molecule has 0 saturated heterocycles. The Morgan fingerprint density at radius 1 is 1.21 bits per heavy atom. The van der Waals surface area contributed by atoms with Gasteiger partial charge in [-0.25, -0.2) is 0 Å². The van der Waals surface area contributed by atoms with Crippen molar-refractivity contribution < 1.29 is 9.47 Å². The van der Waals surface area contributed by atoms with Crippen molar-refractivity contribution in [2.45, 2.75) is 13.0 Å². The lowest BCUT2D eigenvalue weighted by molar-refractivity contribution is 0.297. The summed E-state index contributed by atoms with van der Waals surface area (Å²) in [4.78, 5) is 0. The molecule has 0 amide bonds. The molecule has 2 N–H and O–H groups in total. The van der Waals surface area contributed by atoms with Gasteiger partial charge < -0.3 is 14.8 Å². The van der Waals surface area contributed by atoms with Gasteiger partial charge in [0, 0.05) is 24.2 Å². The second kappa shape index (κ2) is 5.32.